The number of carbonyl (C=O) groups excluding carboxylic acids is 1. The summed E-state index contributed by atoms with van der Waals surface area (Å²) in [6, 6.07) is 4.81. The van der Waals surface area contributed by atoms with Crippen LogP contribution in [0.2, 0.25) is 0 Å². The van der Waals surface area contributed by atoms with Crippen molar-refractivity contribution in [2.75, 3.05) is 25.5 Å². The van der Waals surface area contributed by atoms with Crippen molar-refractivity contribution in [2.24, 2.45) is 0 Å². The average molecular weight is 386 g/mol. The van der Waals surface area contributed by atoms with Gasteiger partial charge in [-0.2, -0.15) is 11.8 Å². The third-order valence-corrected chi connectivity index (χ3v) is 5.74. The van der Waals surface area contributed by atoms with Gasteiger partial charge in [-0.1, -0.05) is 15.9 Å². The molecule has 22 heavy (non-hydrogen) atoms. The molecule has 0 aliphatic carbocycles. The van der Waals surface area contributed by atoms with Crippen LogP contribution < -0.4 is 0 Å². The summed E-state index contributed by atoms with van der Waals surface area (Å²) in [5.41, 5.74) is 0.538. The first-order chi connectivity index (χ1) is 10.6. The number of rotatable bonds is 2. The molecule has 2 fully saturated rings. The maximum Gasteiger partial charge on any atom is 0.335 e. The van der Waals surface area contributed by atoms with Crippen LogP contribution >= 0.6 is 27.7 Å². The van der Waals surface area contributed by atoms with Crippen LogP contribution in [-0.2, 0) is 4.74 Å². The second kappa shape index (κ2) is 6.60. The van der Waals surface area contributed by atoms with Crippen molar-refractivity contribution >= 4 is 39.6 Å². The zero-order valence-electron chi connectivity index (χ0n) is 11.8. The monoisotopic (exact) mass is 385 g/mol. The van der Waals surface area contributed by atoms with E-state index in [1.807, 2.05) is 16.7 Å². The first kappa shape index (κ1) is 15.8. The fourth-order valence-electron chi connectivity index (χ4n) is 2.94. The second-order valence-electron chi connectivity index (χ2n) is 5.37. The SMILES string of the molecule is O=C(O)c1cc(Br)cc(C(=O)N2CCSC3COCCC32)c1. The van der Waals surface area contributed by atoms with Gasteiger partial charge < -0.3 is 14.7 Å². The fraction of sp³-hybridized carbons (Fsp3) is 0.467. The molecule has 2 saturated heterocycles. The molecule has 3 rings (SSSR count). The Balaban J connectivity index is 1.88. The number of carboxylic acid groups (broad SMARTS) is 1. The highest BCUT2D eigenvalue weighted by Gasteiger charge is 2.37. The predicted octanol–water partition coefficient (Wildman–Crippen LogP) is 2.49. The lowest BCUT2D eigenvalue weighted by Crippen LogP contribution is -2.54. The Bertz CT molecular complexity index is 607. The maximum atomic E-state index is 12.8. The first-order valence-corrected chi connectivity index (χ1v) is 8.94. The summed E-state index contributed by atoms with van der Waals surface area (Å²) in [5.74, 6) is -0.245. The molecule has 0 aromatic heterocycles. The van der Waals surface area contributed by atoms with Crippen LogP contribution in [0.5, 0.6) is 0 Å². The standard InChI is InChI=1S/C15H16BrNO4S/c16-11-6-9(5-10(7-11)15(19)20)14(18)17-2-4-22-13-8-21-3-1-12(13)17/h5-7,12-13H,1-4,8H2,(H,19,20). The van der Waals surface area contributed by atoms with E-state index in [9.17, 15) is 9.59 Å². The minimum atomic E-state index is -1.03. The average Bonchev–Trinajstić information content (AvgIpc) is 2.53. The number of thioether (sulfide) groups is 1. The van der Waals surface area contributed by atoms with E-state index in [1.54, 1.807) is 6.07 Å². The number of hydrogen-bond acceptors (Lipinski definition) is 4. The van der Waals surface area contributed by atoms with Crippen LogP contribution in [0, 0.1) is 0 Å². The largest absolute Gasteiger partial charge is 0.478 e. The zero-order valence-corrected chi connectivity index (χ0v) is 14.2. The molecule has 2 aliphatic heterocycles. The summed E-state index contributed by atoms with van der Waals surface area (Å²) in [4.78, 5) is 25.9. The van der Waals surface area contributed by atoms with Crippen molar-refractivity contribution in [1.29, 1.82) is 0 Å². The van der Waals surface area contributed by atoms with Crippen LogP contribution in [-0.4, -0.2) is 58.7 Å². The van der Waals surface area contributed by atoms with Crippen molar-refractivity contribution in [3.05, 3.63) is 33.8 Å². The van der Waals surface area contributed by atoms with E-state index in [0.29, 0.717) is 35.0 Å². The molecule has 1 aromatic rings. The number of ether oxygens (including phenoxy) is 1. The molecule has 0 saturated carbocycles. The predicted molar refractivity (Wildman–Crippen MR) is 87.6 cm³/mol. The number of nitrogens with zero attached hydrogens (tertiary/aromatic N) is 1. The number of hydrogen-bond donors (Lipinski definition) is 1. The van der Waals surface area contributed by atoms with Gasteiger partial charge in [0.15, 0.2) is 0 Å². The maximum absolute atomic E-state index is 12.8. The van der Waals surface area contributed by atoms with Crippen molar-refractivity contribution in [1.82, 2.24) is 4.90 Å². The summed E-state index contributed by atoms with van der Waals surface area (Å²) in [6.45, 7) is 2.04. The lowest BCUT2D eigenvalue weighted by atomic mass is 10.0. The van der Waals surface area contributed by atoms with Gasteiger partial charge in [-0.15, -0.1) is 0 Å². The Kier molecular flexibility index (Phi) is 4.75. The van der Waals surface area contributed by atoms with Crippen LogP contribution in [0.15, 0.2) is 22.7 Å². The third-order valence-electron chi connectivity index (χ3n) is 3.99. The molecule has 1 N–H and O–H groups in total. The lowest BCUT2D eigenvalue weighted by Gasteiger charge is -2.43. The fourth-order valence-corrected chi connectivity index (χ4v) is 4.73. The highest BCUT2D eigenvalue weighted by Crippen LogP contribution is 2.31. The molecule has 1 amide bonds. The topological polar surface area (TPSA) is 66.8 Å². The van der Waals surface area contributed by atoms with Crippen molar-refractivity contribution in [2.45, 2.75) is 17.7 Å². The minimum Gasteiger partial charge on any atom is -0.478 e. The van der Waals surface area contributed by atoms with Gasteiger partial charge in [-0.05, 0) is 24.6 Å². The van der Waals surface area contributed by atoms with Crippen LogP contribution in [0.25, 0.3) is 0 Å². The Morgan fingerprint density at radius 3 is 2.86 bits per heavy atom. The van der Waals surface area contributed by atoms with E-state index in [-0.39, 0.29) is 17.5 Å². The minimum absolute atomic E-state index is 0.0963. The molecule has 2 heterocycles. The summed E-state index contributed by atoms with van der Waals surface area (Å²) in [6.07, 6.45) is 0.837. The Labute approximate surface area is 141 Å². The van der Waals surface area contributed by atoms with Crippen LogP contribution in [0.3, 0.4) is 0 Å². The molecule has 0 bridgehead atoms. The molecule has 7 heteroatoms. The number of carboxylic acids is 1. The van der Waals surface area contributed by atoms with Crippen molar-refractivity contribution in [3.8, 4) is 0 Å². The molecule has 2 unspecified atom stereocenters. The van der Waals surface area contributed by atoms with Gasteiger partial charge in [0.1, 0.15) is 0 Å². The summed E-state index contributed by atoms with van der Waals surface area (Å²) < 4.78 is 6.10. The zero-order chi connectivity index (χ0) is 15.7. The normalized spacial score (nSPS) is 24.7. The van der Waals surface area contributed by atoms with Gasteiger partial charge in [0, 0.05) is 40.2 Å². The highest BCUT2D eigenvalue weighted by molar-refractivity contribution is 9.10. The Morgan fingerprint density at radius 1 is 1.32 bits per heavy atom. The van der Waals surface area contributed by atoms with Gasteiger partial charge in [0.25, 0.3) is 5.91 Å². The molecule has 2 atom stereocenters. The van der Waals surface area contributed by atoms with Gasteiger partial charge >= 0.3 is 5.97 Å². The summed E-state index contributed by atoms with van der Waals surface area (Å²) in [5, 5.41) is 9.46. The number of fused-ring (bicyclic) bond motifs is 1. The van der Waals surface area contributed by atoms with Gasteiger partial charge in [-0.3, -0.25) is 4.79 Å². The second-order valence-corrected chi connectivity index (χ2v) is 7.64. The van der Waals surface area contributed by atoms with E-state index < -0.39 is 5.97 Å². The van der Waals surface area contributed by atoms with E-state index in [1.165, 1.54) is 12.1 Å². The van der Waals surface area contributed by atoms with E-state index in [0.717, 1.165) is 12.2 Å². The molecule has 2 aliphatic rings. The van der Waals surface area contributed by atoms with Gasteiger partial charge in [-0.25, -0.2) is 4.79 Å². The summed E-state index contributed by atoms with van der Waals surface area (Å²) >= 11 is 5.14. The molecule has 1 aromatic carbocycles. The Hall–Kier alpha value is -1.05. The number of carbonyl (C=O) groups is 2. The lowest BCUT2D eigenvalue weighted by molar-refractivity contribution is 0.0319. The smallest absolute Gasteiger partial charge is 0.335 e. The quantitative estimate of drug-likeness (QED) is 0.846. The highest BCUT2D eigenvalue weighted by atomic mass is 79.9. The Morgan fingerprint density at radius 2 is 2.09 bits per heavy atom. The summed E-state index contributed by atoms with van der Waals surface area (Å²) in [7, 11) is 0. The van der Waals surface area contributed by atoms with E-state index >= 15 is 0 Å². The van der Waals surface area contributed by atoms with Crippen molar-refractivity contribution in [3.63, 3.8) is 0 Å². The molecular formula is C15H16BrNO4S. The van der Waals surface area contributed by atoms with Gasteiger partial charge in [0.2, 0.25) is 0 Å². The molecule has 118 valence electrons. The number of halogens is 1. The van der Waals surface area contributed by atoms with E-state index in [4.69, 9.17) is 9.84 Å². The molecule has 0 spiro atoms. The molecular weight excluding hydrogens is 370 g/mol. The molecule has 0 radical (unpaired) electrons. The van der Waals surface area contributed by atoms with Gasteiger partial charge in [0.05, 0.1) is 12.2 Å². The number of aromatic carboxylic acids is 1. The van der Waals surface area contributed by atoms with Crippen molar-refractivity contribution < 1.29 is 19.4 Å². The number of amides is 1. The first-order valence-electron chi connectivity index (χ1n) is 7.10. The van der Waals surface area contributed by atoms with Crippen LogP contribution in [0.1, 0.15) is 27.1 Å². The molecule has 5 nitrogen and oxygen atoms in total. The van der Waals surface area contributed by atoms with Crippen LogP contribution in [0.4, 0.5) is 0 Å². The number of benzene rings is 1. The van der Waals surface area contributed by atoms with E-state index in [2.05, 4.69) is 15.9 Å². The third kappa shape index (κ3) is 3.16.